The lowest BCUT2D eigenvalue weighted by Gasteiger charge is -2.32. The van der Waals surface area contributed by atoms with Crippen molar-refractivity contribution in [1.82, 2.24) is 15.2 Å². The van der Waals surface area contributed by atoms with Crippen LogP contribution in [0.5, 0.6) is 0 Å². The first kappa shape index (κ1) is 20.3. The smallest absolute Gasteiger partial charge is 0.257 e. The fourth-order valence-corrected chi connectivity index (χ4v) is 3.68. The highest BCUT2D eigenvalue weighted by Crippen LogP contribution is 2.27. The van der Waals surface area contributed by atoms with Gasteiger partial charge in [-0.05, 0) is 55.7 Å². The van der Waals surface area contributed by atoms with E-state index >= 15 is 0 Å². The molecule has 0 radical (unpaired) electrons. The standard InChI is InChI=1S/C21H24ClN5O/c1-13-6-16(10-25-20(13)9-23)21(28)26-19-8-18(22)7-17(15(19)3)12-27-5-4-24-14(2)11-27/h6-8,10,14,24H,4-5,11-12H2,1-3H3,(H,26,28)/t14-/m0/s1. The van der Waals surface area contributed by atoms with Crippen LogP contribution in [-0.2, 0) is 6.54 Å². The number of anilines is 1. The third-order valence-corrected chi connectivity index (χ3v) is 5.24. The molecular weight excluding hydrogens is 374 g/mol. The molecule has 3 rings (SSSR count). The second-order valence-corrected chi connectivity index (χ2v) is 7.72. The second-order valence-electron chi connectivity index (χ2n) is 7.28. The Balaban J connectivity index is 1.80. The number of nitrogens with zero attached hydrogens (tertiary/aromatic N) is 3. The van der Waals surface area contributed by atoms with Crippen molar-refractivity contribution < 1.29 is 4.79 Å². The van der Waals surface area contributed by atoms with E-state index in [4.69, 9.17) is 16.9 Å². The summed E-state index contributed by atoms with van der Waals surface area (Å²) in [5.74, 6) is -0.271. The predicted octanol–water partition coefficient (Wildman–Crippen LogP) is 3.27. The van der Waals surface area contributed by atoms with Crippen LogP contribution in [0.3, 0.4) is 0 Å². The molecule has 1 amide bonds. The number of hydrogen-bond acceptors (Lipinski definition) is 5. The lowest BCUT2D eigenvalue weighted by Crippen LogP contribution is -2.48. The van der Waals surface area contributed by atoms with Gasteiger partial charge in [0.15, 0.2) is 0 Å². The molecule has 1 aliphatic rings. The van der Waals surface area contributed by atoms with E-state index in [2.05, 4.69) is 27.4 Å². The summed E-state index contributed by atoms with van der Waals surface area (Å²) in [7, 11) is 0. The van der Waals surface area contributed by atoms with E-state index in [9.17, 15) is 4.79 Å². The number of aryl methyl sites for hydroxylation is 1. The van der Waals surface area contributed by atoms with E-state index in [1.165, 1.54) is 6.20 Å². The second kappa shape index (κ2) is 8.70. The van der Waals surface area contributed by atoms with Gasteiger partial charge in [-0.25, -0.2) is 4.98 Å². The lowest BCUT2D eigenvalue weighted by molar-refractivity contribution is 0.102. The van der Waals surface area contributed by atoms with Crippen LogP contribution in [0.25, 0.3) is 0 Å². The molecule has 0 unspecified atom stereocenters. The Morgan fingerprint density at radius 2 is 2.21 bits per heavy atom. The van der Waals surface area contributed by atoms with Gasteiger partial charge in [-0.15, -0.1) is 0 Å². The quantitative estimate of drug-likeness (QED) is 0.827. The van der Waals surface area contributed by atoms with Gasteiger partial charge in [0.05, 0.1) is 5.56 Å². The lowest BCUT2D eigenvalue weighted by atomic mass is 10.0. The number of nitrogens with one attached hydrogen (secondary N) is 2. The number of hydrogen-bond donors (Lipinski definition) is 2. The molecule has 6 nitrogen and oxygen atoms in total. The zero-order valence-electron chi connectivity index (χ0n) is 16.3. The van der Waals surface area contributed by atoms with Crippen LogP contribution in [-0.4, -0.2) is 41.5 Å². The number of rotatable bonds is 4. The van der Waals surface area contributed by atoms with Gasteiger partial charge in [0, 0.05) is 49.1 Å². The van der Waals surface area contributed by atoms with Crippen LogP contribution in [0.15, 0.2) is 24.4 Å². The van der Waals surface area contributed by atoms with Gasteiger partial charge in [-0.3, -0.25) is 9.69 Å². The van der Waals surface area contributed by atoms with Gasteiger partial charge in [-0.2, -0.15) is 5.26 Å². The number of pyridine rings is 1. The molecule has 2 heterocycles. The Hall–Kier alpha value is -2.46. The van der Waals surface area contributed by atoms with Crippen molar-refractivity contribution in [3.63, 3.8) is 0 Å². The van der Waals surface area contributed by atoms with E-state index in [1.807, 2.05) is 19.1 Å². The van der Waals surface area contributed by atoms with Gasteiger partial charge in [0.25, 0.3) is 5.91 Å². The van der Waals surface area contributed by atoms with Gasteiger partial charge >= 0.3 is 0 Å². The molecule has 0 bridgehead atoms. The van der Waals surface area contributed by atoms with Crippen LogP contribution in [0.2, 0.25) is 5.02 Å². The Kier molecular flexibility index (Phi) is 6.30. The van der Waals surface area contributed by atoms with E-state index in [1.54, 1.807) is 19.1 Å². The first-order chi connectivity index (χ1) is 13.4. The Morgan fingerprint density at radius 1 is 1.43 bits per heavy atom. The fraction of sp³-hybridized carbons (Fsp3) is 0.381. The summed E-state index contributed by atoms with van der Waals surface area (Å²) in [5, 5.41) is 16.0. The first-order valence-electron chi connectivity index (χ1n) is 9.30. The summed E-state index contributed by atoms with van der Waals surface area (Å²) in [6.07, 6.45) is 1.42. The van der Waals surface area contributed by atoms with Gasteiger partial charge < -0.3 is 10.6 Å². The molecular formula is C21H24ClN5O. The maximum Gasteiger partial charge on any atom is 0.257 e. The molecule has 7 heteroatoms. The predicted molar refractivity (Wildman–Crippen MR) is 111 cm³/mol. The number of nitriles is 1. The third kappa shape index (κ3) is 4.68. The van der Waals surface area contributed by atoms with Crippen molar-refractivity contribution in [1.29, 1.82) is 5.26 Å². The van der Waals surface area contributed by atoms with Crippen molar-refractivity contribution in [3.8, 4) is 6.07 Å². The summed E-state index contributed by atoms with van der Waals surface area (Å²) in [4.78, 5) is 19.1. The van der Waals surface area contributed by atoms with Crippen molar-refractivity contribution >= 4 is 23.2 Å². The van der Waals surface area contributed by atoms with E-state index in [0.717, 1.165) is 37.3 Å². The number of carbonyl (C=O) groups excluding carboxylic acids is 1. The molecule has 28 heavy (non-hydrogen) atoms. The zero-order valence-corrected chi connectivity index (χ0v) is 17.1. The van der Waals surface area contributed by atoms with Crippen LogP contribution in [0.1, 0.15) is 39.7 Å². The largest absolute Gasteiger partial charge is 0.322 e. The average Bonchev–Trinajstić information content (AvgIpc) is 2.65. The molecule has 1 saturated heterocycles. The van der Waals surface area contributed by atoms with Crippen molar-refractivity contribution in [3.05, 3.63) is 57.4 Å². The highest BCUT2D eigenvalue weighted by atomic mass is 35.5. The Labute approximate surface area is 170 Å². The van der Waals surface area contributed by atoms with Gasteiger partial charge in [0.1, 0.15) is 11.8 Å². The molecule has 2 aromatic rings. The molecule has 0 saturated carbocycles. The van der Waals surface area contributed by atoms with E-state index in [-0.39, 0.29) is 5.91 Å². The molecule has 0 aliphatic carbocycles. The number of halogens is 1. The van der Waals surface area contributed by atoms with Crippen molar-refractivity contribution in [2.45, 2.75) is 33.4 Å². The molecule has 1 fully saturated rings. The highest BCUT2D eigenvalue weighted by molar-refractivity contribution is 6.31. The van der Waals surface area contributed by atoms with Crippen molar-refractivity contribution in [2.24, 2.45) is 0 Å². The maximum atomic E-state index is 12.7. The maximum absolute atomic E-state index is 12.7. The molecule has 146 valence electrons. The number of carbonyl (C=O) groups is 1. The summed E-state index contributed by atoms with van der Waals surface area (Å²) < 4.78 is 0. The Bertz CT molecular complexity index is 937. The van der Waals surface area contributed by atoms with Gasteiger partial charge in [-0.1, -0.05) is 11.6 Å². The molecule has 1 aliphatic heterocycles. The summed E-state index contributed by atoms with van der Waals surface area (Å²) in [5.41, 5.74) is 4.20. The zero-order chi connectivity index (χ0) is 20.3. The normalized spacial score (nSPS) is 17.2. The minimum atomic E-state index is -0.271. The summed E-state index contributed by atoms with van der Waals surface area (Å²) >= 11 is 6.33. The molecule has 1 atom stereocenters. The SMILES string of the molecule is Cc1cc(C(=O)Nc2cc(Cl)cc(CN3CCN[C@@H](C)C3)c2C)cnc1C#N. The van der Waals surface area contributed by atoms with E-state index < -0.39 is 0 Å². The van der Waals surface area contributed by atoms with E-state index in [0.29, 0.717) is 33.6 Å². The third-order valence-electron chi connectivity index (χ3n) is 5.02. The van der Waals surface area contributed by atoms with Crippen LogP contribution >= 0.6 is 11.6 Å². The summed E-state index contributed by atoms with van der Waals surface area (Å²) in [6.45, 7) is 9.65. The number of aromatic nitrogens is 1. The van der Waals surface area contributed by atoms with Gasteiger partial charge in [0.2, 0.25) is 0 Å². The molecule has 1 aromatic carbocycles. The number of piperazine rings is 1. The van der Waals surface area contributed by atoms with Crippen LogP contribution in [0, 0.1) is 25.2 Å². The molecule has 1 aromatic heterocycles. The van der Waals surface area contributed by atoms with Crippen molar-refractivity contribution in [2.75, 3.05) is 25.0 Å². The van der Waals surface area contributed by atoms with Crippen LogP contribution < -0.4 is 10.6 Å². The van der Waals surface area contributed by atoms with Crippen LogP contribution in [0.4, 0.5) is 5.69 Å². The number of amides is 1. The monoisotopic (exact) mass is 397 g/mol. The summed E-state index contributed by atoms with van der Waals surface area (Å²) in [6, 6.07) is 7.87. The minimum absolute atomic E-state index is 0.271. The highest BCUT2D eigenvalue weighted by Gasteiger charge is 2.18. The first-order valence-corrected chi connectivity index (χ1v) is 9.68. The minimum Gasteiger partial charge on any atom is -0.322 e. The Morgan fingerprint density at radius 3 is 2.89 bits per heavy atom. The molecule has 0 spiro atoms. The molecule has 2 N–H and O–H groups in total. The topological polar surface area (TPSA) is 81.1 Å². The number of benzene rings is 1. The average molecular weight is 398 g/mol. The fourth-order valence-electron chi connectivity index (χ4n) is 3.44.